The van der Waals surface area contributed by atoms with Crippen molar-refractivity contribution in [2.75, 3.05) is 60.7 Å². The molecule has 0 spiro atoms. The van der Waals surface area contributed by atoms with Crippen molar-refractivity contribution in [1.82, 2.24) is 9.13 Å². The van der Waals surface area contributed by atoms with Crippen LogP contribution < -0.4 is 55.2 Å². The number of nitrogens with two attached hydrogens (primary N) is 2. The first kappa shape index (κ1) is 37.0. The Labute approximate surface area is 286 Å². The third-order valence-corrected chi connectivity index (χ3v) is 8.28. The van der Waals surface area contributed by atoms with Gasteiger partial charge in [-0.3, -0.25) is 0 Å². The van der Waals surface area contributed by atoms with Crippen molar-refractivity contribution < 1.29 is 43.4 Å². The zero-order valence-electron chi connectivity index (χ0n) is 27.1. The highest BCUT2D eigenvalue weighted by molar-refractivity contribution is 5.54. The van der Waals surface area contributed by atoms with Crippen LogP contribution in [0, 0.1) is 0 Å². The van der Waals surface area contributed by atoms with E-state index in [1.807, 2.05) is 38.4 Å². The van der Waals surface area contributed by atoms with Gasteiger partial charge in [0.2, 0.25) is 12.7 Å². The van der Waals surface area contributed by atoms with Crippen molar-refractivity contribution >= 4 is 22.7 Å². The van der Waals surface area contributed by atoms with E-state index in [0.29, 0.717) is 12.2 Å². The summed E-state index contributed by atoms with van der Waals surface area (Å²) in [7, 11) is 4.08. The Morgan fingerprint density at radius 3 is 1.39 bits per heavy atom. The molecule has 6 rings (SSSR count). The second-order valence-electron chi connectivity index (χ2n) is 12.0. The van der Waals surface area contributed by atoms with E-state index in [2.05, 4.69) is 89.8 Å². The summed E-state index contributed by atoms with van der Waals surface area (Å²) >= 11 is 0. The summed E-state index contributed by atoms with van der Waals surface area (Å²) < 4.78 is 20.5. The minimum atomic E-state index is 0. The molecule has 252 valence electrons. The number of nitrogens with zero attached hydrogens (tertiary/aromatic N) is 6. The van der Waals surface area contributed by atoms with Crippen molar-refractivity contribution in [2.45, 2.75) is 51.0 Å². The van der Waals surface area contributed by atoms with Gasteiger partial charge in [-0.25, -0.2) is 18.3 Å². The first-order valence-corrected chi connectivity index (χ1v) is 15.9. The minimum absolute atomic E-state index is 0. The van der Waals surface area contributed by atoms with E-state index < -0.39 is 0 Å². The molecule has 2 saturated heterocycles. The standard InChI is InChI=1S/2C17H25N4O.2ClH/c2*1-19-10-11-20(14-19)8-2-12-22-17-7-9-21(13-17)16-5-3-15(18)4-6-16;;/h2*3-6,10-11,14,17H,2,7-9,12-13,18H2,1H3;2*1H/q2*+1;;/p-2. The predicted octanol–water partition coefficient (Wildman–Crippen LogP) is -2.83. The zero-order valence-corrected chi connectivity index (χ0v) is 28.6. The summed E-state index contributed by atoms with van der Waals surface area (Å²) in [4.78, 5) is 4.74. The molecule has 4 heterocycles. The molecule has 2 atom stereocenters. The van der Waals surface area contributed by atoms with Gasteiger partial charge in [-0.15, -0.1) is 0 Å². The number of benzene rings is 2. The highest BCUT2D eigenvalue weighted by Crippen LogP contribution is 2.24. The number of hydrogen-bond acceptors (Lipinski definition) is 6. The molecule has 2 aliphatic rings. The molecule has 0 amide bonds. The first-order valence-electron chi connectivity index (χ1n) is 15.9. The number of hydrogen-bond donors (Lipinski definition) is 2. The quantitative estimate of drug-likeness (QED) is 0.0958. The number of halogens is 2. The summed E-state index contributed by atoms with van der Waals surface area (Å²) in [5.74, 6) is 0. The van der Waals surface area contributed by atoms with Crippen LogP contribution >= 0.6 is 0 Å². The largest absolute Gasteiger partial charge is 1.00 e. The van der Waals surface area contributed by atoms with Crippen molar-refractivity contribution in [3.05, 3.63) is 86.0 Å². The van der Waals surface area contributed by atoms with Gasteiger partial charge in [0.1, 0.15) is 24.8 Å². The molecule has 4 aromatic rings. The van der Waals surface area contributed by atoms with E-state index in [-0.39, 0.29) is 24.8 Å². The average molecular weight is 674 g/mol. The monoisotopic (exact) mass is 672 g/mol. The lowest BCUT2D eigenvalue weighted by Crippen LogP contribution is -3.00. The molecule has 2 fully saturated rings. The predicted molar refractivity (Wildman–Crippen MR) is 175 cm³/mol. The summed E-state index contributed by atoms with van der Waals surface area (Å²) in [6.07, 6.45) is 17.5. The van der Waals surface area contributed by atoms with Gasteiger partial charge in [-0.1, -0.05) is 0 Å². The van der Waals surface area contributed by atoms with Crippen LogP contribution in [-0.4, -0.2) is 60.7 Å². The number of nitrogen functional groups attached to an aromatic ring is 2. The lowest BCUT2D eigenvalue weighted by Gasteiger charge is -2.18. The Bertz CT molecular complexity index is 1310. The minimum Gasteiger partial charge on any atom is -1.00 e. The average Bonchev–Trinajstić information content (AvgIpc) is 3.84. The summed E-state index contributed by atoms with van der Waals surface area (Å²) in [6, 6.07) is 16.2. The second-order valence-corrected chi connectivity index (χ2v) is 12.0. The number of anilines is 4. The Morgan fingerprint density at radius 1 is 0.652 bits per heavy atom. The fraction of sp³-hybridized carbons (Fsp3) is 0.471. The van der Waals surface area contributed by atoms with Crippen LogP contribution in [0.4, 0.5) is 22.7 Å². The fourth-order valence-electron chi connectivity index (χ4n) is 5.83. The lowest BCUT2D eigenvalue weighted by atomic mass is 10.2. The van der Waals surface area contributed by atoms with Crippen molar-refractivity contribution in [2.24, 2.45) is 14.1 Å². The molecule has 46 heavy (non-hydrogen) atoms. The van der Waals surface area contributed by atoms with E-state index in [0.717, 1.165) is 89.5 Å². The molecule has 4 N–H and O–H groups in total. The Hall–Kier alpha value is -3.44. The van der Waals surface area contributed by atoms with Crippen LogP contribution in [0.15, 0.2) is 86.0 Å². The first-order chi connectivity index (χ1) is 21.4. The maximum atomic E-state index is 6.02. The molecule has 2 unspecified atom stereocenters. The summed E-state index contributed by atoms with van der Waals surface area (Å²) in [5, 5.41) is 0. The van der Waals surface area contributed by atoms with E-state index >= 15 is 0 Å². The highest BCUT2D eigenvalue weighted by atomic mass is 35.5. The SMILES string of the molecule is C[n+]1ccn(CCCOC2CCN(c3ccc(N)cc3)C2)c1.C[n+]1ccn(CCCOC2CCN(c3ccc(N)cc3)C2)c1.[Cl-].[Cl-]. The maximum absolute atomic E-state index is 6.02. The third-order valence-electron chi connectivity index (χ3n) is 8.28. The van der Waals surface area contributed by atoms with Gasteiger partial charge < -0.3 is 55.6 Å². The van der Waals surface area contributed by atoms with Crippen LogP contribution in [0.1, 0.15) is 25.7 Å². The van der Waals surface area contributed by atoms with Crippen LogP contribution in [0.25, 0.3) is 0 Å². The van der Waals surface area contributed by atoms with E-state index in [1.54, 1.807) is 0 Å². The van der Waals surface area contributed by atoms with Crippen LogP contribution in [0.5, 0.6) is 0 Å². The van der Waals surface area contributed by atoms with Gasteiger partial charge in [0.15, 0.2) is 0 Å². The number of rotatable bonds is 12. The molecule has 2 aliphatic heterocycles. The number of ether oxygens (including phenoxy) is 2. The van der Waals surface area contributed by atoms with Gasteiger partial charge in [0, 0.05) is 61.8 Å². The summed E-state index contributed by atoms with van der Waals surface area (Å²) in [6.45, 7) is 7.73. The Balaban J connectivity index is 0.000000240. The Kier molecular flexibility index (Phi) is 15.0. The van der Waals surface area contributed by atoms with Gasteiger partial charge in [0.05, 0.1) is 52.6 Å². The summed E-state index contributed by atoms with van der Waals surface area (Å²) in [5.41, 5.74) is 15.6. The number of imidazole rings is 2. The third kappa shape index (κ3) is 11.4. The molecule has 0 bridgehead atoms. The van der Waals surface area contributed by atoms with Gasteiger partial charge in [-0.2, -0.15) is 0 Å². The van der Waals surface area contributed by atoms with Gasteiger partial charge in [0.25, 0.3) is 0 Å². The number of aromatic nitrogens is 4. The molecule has 10 nitrogen and oxygen atoms in total. The molecule has 2 aromatic carbocycles. The molecule has 0 aliphatic carbocycles. The fourth-order valence-corrected chi connectivity index (χ4v) is 5.83. The van der Waals surface area contributed by atoms with Gasteiger partial charge in [-0.05, 0) is 61.4 Å². The van der Waals surface area contributed by atoms with E-state index in [1.165, 1.54) is 11.4 Å². The van der Waals surface area contributed by atoms with Crippen molar-refractivity contribution in [1.29, 1.82) is 0 Å². The Morgan fingerprint density at radius 2 is 1.04 bits per heavy atom. The molecular weight excluding hydrogens is 623 g/mol. The number of aryl methyl sites for hydroxylation is 4. The normalized spacial score (nSPS) is 17.3. The molecule has 0 saturated carbocycles. The van der Waals surface area contributed by atoms with Gasteiger partial charge >= 0.3 is 0 Å². The lowest BCUT2D eigenvalue weighted by molar-refractivity contribution is -0.671. The van der Waals surface area contributed by atoms with Crippen LogP contribution in [0.3, 0.4) is 0 Å². The molecular formula is C34H50Cl2N8O2. The van der Waals surface area contributed by atoms with Crippen LogP contribution in [0.2, 0.25) is 0 Å². The smallest absolute Gasteiger partial charge is 0.243 e. The topological polar surface area (TPSA) is 94.6 Å². The van der Waals surface area contributed by atoms with Crippen molar-refractivity contribution in [3.63, 3.8) is 0 Å². The van der Waals surface area contributed by atoms with E-state index in [4.69, 9.17) is 20.9 Å². The maximum Gasteiger partial charge on any atom is 0.243 e. The van der Waals surface area contributed by atoms with Crippen LogP contribution in [-0.2, 0) is 36.7 Å². The zero-order chi connectivity index (χ0) is 30.7. The molecule has 0 radical (unpaired) electrons. The molecule has 12 heteroatoms. The highest BCUT2D eigenvalue weighted by Gasteiger charge is 2.24. The van der Waals surface area contributed by atoms with Crippen molar-refractivity contribution in [3.8, 4) is 0 Å². The second kappa shape index (κ2) is 18.6. The van der Waals surface area contributed by atoms with E-state index in [9.17, 15) is 0 Å². The molecule has 2 aromatic heterocycles.